The van der Waals surface area contributed by atoms with Crippen LogP contribution in [0.5, 0.6) is 11.5 Å². The van der Waals surface area contributed by atoms with Gasteiger partial charge < -0.3 is 19.1 Å². The van der Waals surface area contributed by atoms with Crippen molar-refractivity contribution in [2.45, 2.75) is 52.2 Å². The third-order valence-corrected chi connectivity index (χ3v) is 4.21. The molecule has 2 rings (SSSR count). The smallest absolute Gasteiger partial charge is 0.251 e. The number of rotatable bonds is 8. The number of carbonyl (C=O) groups excluding carboxylic acids is 1. The van der Waals surface area contributed by atoms with E-state index in [9.17, 15) is 4.79 Å². The Morgan fingerprint density at radius 2 is 1.79 bits per heavy atom. The van der Waals surface area contributed by atoms with Crippen LogP contribution in [0.15, 0.2) is 24.3 Å². The van der Waals surface area contributed by atoms with Crippen molar-refractivity contribution in [1.29, 1.82) is 0 Å². The summed E-state index contributed by atoms with van der Waals surface area (Å²) in [7, 11) is 0. The van der Waals surface area contributed by atoms with Gasteiger partial charge in [-0.25, -0.2) is 0 Å². The van der Waals surface area contributed by atoms with Crippen LogP contribution in [-0.2, 0) is 9.53 Å². The molecule has 1 atom stereocenters. The maximum atomic E-state index is 12.5. The molecular formula is C19H29NO4. The van der Waals surface area contributed by atoms with Crippen LogP contribution in [0.1, 0.15) is 40.0 Å². The van der Waals surface area contributed by atoms with Crippen molar-refractivity contribution in [3.63, 3.8) is 0 Å². The summed E-state index contributed by atoms with van der Waals surface area (Å²) in [5.74, 6) is 1.67. The predicted molar refractivity (Wildman–Crippen MR) is 93.5 cm³/mol. The molecule has 5 heteroatoms. The fraction of sp³-hybridized carbons (Fsp3) is 0.632. The van der Waals surface area contributed by atoms with Crippen LogP contribution >= 0.6 is 0 Å². The molecule has 5 nitrogen and oxygen atoms in total. The van der Waals surface area contributed by atoms with Gasteiger partial charge in [0.15, 0.2) is 11.5 Å². The molecule has 0 radical (unpaired) electrons. The lowest BCUT2D eigenvalue weighted by molar-refractivity contribution is -0.145. The number of carbonyl (C=O) groups is 1. The Morgan fingerprint density at radius 1 is 1.12 bits per heavy atom. The Balaban J connectivity index is 1.88. The van der Waals surface area contributed by atoms with Gasteiger partial charge in [-0.15, -0.1) is 0 Å². The minimum Gasteiger partial charge on any atom is -0.490 e. The highest BCUT2D eigenvalue weighted by atomic mass is 16.5. The maximum Gasteiger partial charge on any atom is 0.251 e. The number of piperidine rings is 1. The molecule has 1 amide bonds. The van der Waals surface area contributed by atoms with Crippen molar-refractivity contribution in [2.75, 3.05) is 26.3 Å². The number of hydrogen-bond donors (Lipinski definition) is 0. The summed E-state index contributed by atoms with van der Waals surface area (Å²) in [6, 6.07) is 7.75. The standard InChI is InChI=1S/C19H29NO4/c1-4-16(22-5-2)19(21)20-13-11-15(12-14-20)24-18-10-8-7-9-17(18)23-6-3/h7-10,15-16H,4-6,11-14H2,1-3H3/t16-/m1/s1. The Bertz CT molecular complexity index is 512. The SMILES string of the molecule is CCOc1ccccc1OC1CCN(C(=O)[C@@H](CC)OCC)CC1. The second kappa shape index (κ2) is 9.52. The minimum absolute atomic E-state index is 0.104. The van der Waals surface area contributed by atoms with Gasteiger partial charge in [-0.1, -0.05) is 19.1 Å². The first-order valence-corrected chi connectivity index (χ1v) is 8.98. The fourth-order valence-electron chi connectivity index (χ4n) is 2.96. The number of ether oxygens (including phenoxy) is 3. The topological polar surface area (TPSA) is 48.0 Å². The molecule has 0 unspecified atom stereocenters. The Labute approximate surface area is 144 Å². The summed E-state index contributed by atoms with van der Waals surface area (Å²) in [6.45, 7) is 8.48. The maximum absolute atomic E-state index is 12.5. The van der Waals surface area contributed by atoms with Crippen molar-refractivity contribution < 1.29 is 19.0 Å². The van der Waals surface area contributed by atoms with E-state index in [2.05, 4.69) is 0 Å². The minimum atomic E-state index is -0.314. The number of amides is 1. The quantitative estimate of drug-likeness (QED) is 0.731. The molecule has 24 heavy (non-hydrogen) atoms. The summed E-state index contributed by atoms with van der Waals surface area (Å²) < 4.78 is 17.2. The number of nitrogens with zero attached hydrogens (tertiary/aromatic N) is 1. The van der Waals surface area contributed by atoms with E-state index in [0.29, 0.717) is 32.7 Å². The molecule has 0 saturated carbocycles. The molecule has 1 saturated heterocycles. The molecule has 0 N–H and O–H groups in total. The first-order chi connectivity index (χ1) is 11.7. The third-order valence-electron chi connectivity index (χ3n) is 4.21. The monoisotopic (exact) mass is 335 g/mol. The van der Waals surface area contributed by atoms with Crippen LogP contribution in [0.4, 0.5) is 0 Å². The average molecular weight is 335 g/mol. The molecule has 134 valence electrons. The Hall–Kier alpha value is -1.75. The van der Waals surface area contributed by atoms with Crippen molar-refractivity contribution in [3.8, 4) is 11.5 Å². The summed E-state index contributed by atoms with van der Waals surface area (Å²) in [5, 5.41) is 0. The van der Waals surface area contributed by atoms with E-state index in [1.807, 2.05) is 49.9 Å². The van der Waals surface area contributed by atoms with Crippen LogP contribution in [0.2, 0.25) is 0 Å². The molecule has 1 aliphatic rings. The van der Waals surface area contributed by atoms with Gasteiger partial charge in [0.05, 0.1) is 6.61 Å². The largest absolute Gasteiger partial charge is 0.490 e. The van der Waals surface area contributed by atoms with Crippen molar-refractivity contribution >= 4 is 5.91 Å². The first kappa shape index (κ1) is 18.6. The second-order valence-electron chi connectivity index (χ2n) is 5.87. The molecule has 1 aromatic rings. The van der Waals surface area contributed by atoms with E-state index < -0.39 is 0 Å². The van der Waals surface area contributed by atoms with Crippen molar-refractivity contribution in [1.82, 2.24) is 4.90 Å². The highest BCUT2D eigenvalue weighted by Gasteiger charge is 2.28. The van der Waals surface area contributed by atoms with E-state index in [1.165, 1.54) is 0 Å². The second-order valence-corrected chi connectivity index (χ2v) is 5.87. The predicted octanol–water partition coefficient (Wildman–Crippen LogP) is 3.27. The van der Waals surface area contributed by atoms with E-state index in [0.717, 1.165) is 24.3 Å². The van der Waals surface area contributed by atoms with Crippen LogP contribution in [-0.4, -0.2) is 49.3 Å². The highest BCUT2D eigenvalue weighted by Crippen LogP contribution is 2.29. The molecule has 1 heterocycles. The molecule has 1 aliphatic heterocycles. The molecular weight excluding hydrogens is 306 g/mol. The van der Waals surface area contributed by atoms with Crippen molar-refractivity contribution in [2.24, 2.45) is 0 Å². The fourth-order valence-corrected chi connectivity index (χ4v) is 2.96. The summed E-state index contributed by atoms with van der Waals surface area (Å²) in [6.07, 6.45) is 2.17. The van der Waals surface area contributed by atoms with Crippen molar-refractivity contribution in [3.05, 3.63) is 24.3 Å². The van der Waals surface area contributed by atoms with Crippen LogP contribution in [0, 0.1) is 0 Å². The van der Waals surface area contributed by atoms with E-state index in [4.69, 9.17) is 14.2 Å². The van der Waals surface area contributed by atoms with E-state index >= 15 is 0 Å². The lowest BCUT2D eigenvalue weighted by Gasteiger charge is -2.34. The van der Waals surface area contributed by atoms with Gasteiger partial charge in [-0.05, 0) is 32.4 Å². The zero-order chi connectivity index (χ0) is 17.4. The average Bonchev–Trinajstić information content (AvgIpc) is 2.61. The zero-order valence-electron chi connectivity index (χ0n) is 15.0. The first-order valence-electron chi connectivity index (χ1n) is 8.98. The molecule has 1 aromatic carbocycles. The highest BCUT2D eigenvalue weighted by molar-refractivity contribution is 5.81. The van der Waals surface area contributed by atoms with Gasteiger partial charge in [0.1, 0.15) is 12.2 Å². The van der Waals surface area contributed by atoms with Gasteiger partial charge in [0.2, 0.25) is 0 Å². The van der Waals surface area contributed by atoms with Gasteiger partial charge in [-0.3, -0.25) is 4.79 Å². The van der Waals surface area contributed by atoms with Gasteiger partial charge in [0.25, 0.3) is 5.91 Å². The van der Waals surface area contributed by atoms with E-state index in [-0.39, 0.29) is 18.1 Å². The summed E-state index contributed by atoms with van der Waals surface area (Å²) in [5.41, 5.74) is 0. The van der Waals surface area contributed by atoms with Crippen LogP contribution in [0.25, 0.3) is 0 Å². The zero-order valence-corrected chi connectivity index (χ0v) is 15.0. The number of hydrogen-bond acceptors (Lipinski definition) is 4. The van der Waals surface area contributed by atoms with Gasteiger partial charge in [0, 0.05) is 32.5 Å². The van der Waals surface area contributed by atoms with Gasteiger partial charge >= 0.3 is 0 Å². The molecule has 0 aliphatic carbocycles. The number of para-hydroxylation sites is 2. The third kappa shape index (κ3) is 4.87. The Morgan fingerprint density at radius 3 is 2.38 bits per heavy atom. The lowest BCUT2D eigenvalue weighted by Crippen LogP contribution is -2.46. The molecule has 0 aromatic heterocycles. The number of likely N-dealkylation sites (tertiary alicyclic amines) is 1. The van der Waals surface area contributed by atoms with E-state index in [1.54, 1.807) is 0 Å². The normalized spacial score (nSPS) is 16.7. The lowest BCUT2D eigenvalue weighted by atomic mass is 10.1. The van der Waals surface area contributed by atoms with Gasteiger partial charge in [-0.2, -0.15) is 0 Å². The summed E-state index contributed by atoms with van der Waals surface area (Å²) >= 11 is 0. The van der Waals surface area contributed by atoms with Crippen LogP contribution < -0.4 is 9.47 Å². The molecule has 0 bridgehead atoms. The van der Waals surface area contributed by atoms with Crippen LogP contribution in [0.3, 0.4) is 0 Å². The molecule has 0 spiro atoms. The Kier molecular flexibility index (Phi) is 7.37. The summed E-state index contributed by atoms with van der Waals surface area (Å²) in [4.78, 5) is 14.4. The molecule has 1 fully saturated rings. The number of benzene rings is 1.